The third kappa shape index (κ3) is 2.46. The minimum Gasteiger partial charge on any atom is -0.233 e. The number of halogens is 1. The van der Waals surface area contributed by atoms with Gasteiger partial charge in [-0.05, 0) is 0 Å². The van der Waals surface area contributed by atoms with Gasteiger partial charge in [-0.1, -0.05) is 13.8 Å². The van der Waals surface area contributed by atoms with E-state index in [9.17, 15) is 0 Å². The molecule has 0 atom stereocenters. The van der Waals surface area contributed by atoms with Gasteiger partial charge in [0.1, 0.15) is 14.1 Å². The summed E-state index contributed by atoms with van der Waals surface area (Å²) in [6, 6.07) is 0. The van der Waals surface area contributed by atoms with Crippen molar-refractivity contribution in [3.63, 3.8) is 0 Å². The van der Waals surface area contributed by atoms with Crippen molar-refractivity contribution in [2.24, 2.45) is 5.92 Å². The molecule has 0 aliphatic carbocycles. The van der Waals surface area contributed by atoms with E-state index in [1.165, 1.54) is 4.62 Å². The van der Waals surface area contributed by atoms with Crippen LogP contribution in [-0.2, 0) is 0 Å². The first-order valence-corrected chi connectivity index (χ1v) is 3.54. The predicted molar refractivity (Wildman–Crippen MR) is 40.9 cm³/mol. The molecule has 0 N–H and O–H groups in total. The second kappa shape index (κ2) is 3.23. The number of hydrogen-bond donors (Lipinski definition) is 0. The number of hydrogen-bond acceptors (Lipinski definition) is 0. The van der Waals surface area contributed by atoms with Crippen molar-refractivity contribution in [3.05, 3.63) is 0 Å². The Hall–Kier alpha value is 0.150. The fourth-order valence-electron chi connectivity index (χ4n) is 0.516. The van der Waals surface area contributed by atoms with Crippen LogP contribution in [0.5, 0.6) is 0 Å². The summed E-state index contributed by atoms with van der Waals surface area (Å²) in [7, 11) is 4.06. The van der Waals surface area contributed by atoms with Gasteiger partial charge in [0.05, 0.1) is 0 Å². The molecule has 0 aliphatic rings. The maximum Gasteiger partial charge on any atom is 0.220 e. The van der Waals surface area contributed by atoms with E-state index in [1.807, 2.05) is 14.1 Å². The summed E-state index contributed by atoms with van der Waals surface area (Å²) < 4.78 is 3.32. The molecule has 2 heteroatoms. The van der Waals surface area contributed by atoms with E-state index in [4.69, 9.17) is 0 Å². The zero-order chi connectivity index (χ0) is 6.73. The highest BCUT2D eigenvalue weighted by molar-refractivity contribution is 9.18. The van der Waals surface area contributed by atoms with Gasteiger partial charge in [-0.25, -0.2) is 4.58 Å². The van der Waals surface area contributed by atoms with E-state index < -0.39 is 0 Å². The van der Waals surface area contributed by atoms with Crippen molar-refractivity contribution < 1.29 is 4.58 Å². The van der Waals surface area contributed by atoms with Crippen LogP contribution >= 0.6 is 15.9 Å². The van der Waals surface area contributed by atoms with Crippen molar-refractivity contribution in [1.82, 2.24) is 0 Å². The van der Waals surface area contributed by atoms with Crippen molar-refractivity contribution in [2.75, 3.05) is 14.1 Å². The van der Waals surface area contributed by atoms with E-state index in [2.05, 4.69) is 34.4 Å². The van der Waals surface area contributed by atoms with E-state index in [0.717, 1.165) is 0 Å². The van der Waals surface area contributed by atoms with Crippen molar-refractivity contribution in [3.8, 4) is 0 Å². The van der Waals surface area contributed by atoms with Gasteiger partial charge in [-0.2, -0.15) is 0 Å². The van der Waals surface area contributed by atoms with Crippen LogP contribution in [0.1, 0.15) is 13.8 Å². The van der Waals surface area contributed by atoms with Gasteiger partial charge in [0.15, 0.2) is 0 Å². The summed E-state index contributed by atoms with van der Waals surface area (Å²) in [6.45, 7) is 4.31. The zero-order valence-corrected chi connectivity index (χ0v) is 7.49. The Bertz CT molecular complexity index is 101. The van der Waals surface area contributed by atoms with Crippen LogP contribution in [0.3, 0.4) is 0 Å². The van der Waals surface area contributed by atoms with Gasteiger partial charge < -0.3 is 0 Å². The Morgan fingerprint density at radius 1 is 1.38 bits per heavy atom. The molecule has 8 heavy (non-hydrogen) atoms. The quantitative estimate of drug-likeness (QED) is 0.425. The zero-order valence-electron chi connectivity index (χ0n) is 5.90. The van der Waals surface area contributed by atoms with E-state index in [0.29, 0.717) is 5.92 Å². The molecule has 0 saturated carbocycles. The van der Waals surface area contributed by atoms with Crippen LogP contribution < -0.4 is 0 Å². The first kappa shape index (κ1) is 8.15. The van der Waals surface area contributed by atoms with Crippen LogP contribution in [-0.4, -0.2) is 23.3 Å². The predicted octanol–water partition coefficient (Wildman–Crippen LogP) is 1.71. The molecular formula is C6H13BrN+. The molecule has 0 unspecified atom stereocenters. The molecule has 0 bridgehead atoms. The lowest BCUT2D eigenvalue weighted by atomic mass is 10.2. The number of rotatable bonds is 1. The maximum atomic E-state index is 3.45. The summed E-state index contributed by atoms with van der Waals surface area (Å²) in [5, 5.41) is 0. The minimum atomic E-state index is 0.602. The number of nitrogens with zero attached hydrogens (tertiary/aromatic N) is 1. The standard InChI is InChI=1S/C6H13BrN/c1-5(2)6(7)8(3)4/h5H,1-4H3/q+1. The highest BCUT2D eigenvalue weighted by Gasteiger charge is 2.06. The topological polar surface area (TPSA) is 3.01 Å². The fourth-order valence-corrected chi connectivity index (χ4v) is 0.516. The average Bonchev–Trinajstić information content (AvgIpc) is 1.64. The molecule has 0 aromatic carbocycles. The molecule has 0 aliphatic heterocycles. The van der Waals surface area contributed by atoms with Crippen LogP contribution in [0.25, 0.3) is 0 Å². The molecule has 0 aromatic heterocycles. The van der Waals surface area contributed by atoms with Gasteiger partial charge in [0.25, 0.3) is 0 Å². The van der Waals surface area contributed by atoms with E-state index in [-0.39, 0.29) is 0 Å². The van der Waals surface area contributed by atoms with Crippen molar-refractivity contribution in [1.29, 1.82) is 0 Å². The monoisotopic (exact) mass is 178 g/mol. The SMILES string of the molecule is CC(C)C(Br)=[N+](C)C. The molecule has 1 nitrogen and oxygen atoms in total. The molecule has 0 spiro atoms. The van der Waals surface area contributed by atoms with Crippen LogP contribution in [0.4, 0.5) is 0 Å². The molecule has 0 aromatic rings. The van der Waals surface area contributed by atoms with Gasteiger partial charge in [-0.3, -0.25) is 0 Å². The van der Waals surface area contributed by atoms with Crippen LogP contribution in [0.2, 0.25) is 0 Å². The minimum absolute atomic E-state index is 0.602. The Labute approximate surface area is 59.5 Å². The van der Waals surface area contributed by atoms with Crippen LogP contribution in [0.15, 0.2) is 0 Å². The van der Waals surface area contributed by atoms with Gasteiger partial charge >= 0.3 is 0 Å². The molecule has 0 fully saturated rings. The maximum absolute atomic E-state index is 3.45. The van der Waals surface area contributed by atoms with Gasteiger partial charge in [-0.15, -0.1) is 0 Å². The second-order valence-electron chi connectivity index (χ2n) is 2.37. The first-order chi connectivity index (χ1) is 3.55. The molecule has 0 heterocycles. The van der Waals surface area contributed by atoms with Gasteiger partial charge in [0.2, 0.25) is 4.62 Å². The average molecular weight is 179 g/mol. The lowest BCUT2D eigenvalue weighted by molar-refractivity contribution is -0.463. The van der Waals surface area contributed by atoms with E-state index in [1.54, 1.807) is 0 Å². The van der Waals surface area contributed by atoms with Crippen molar-refractivity contribution >= 4 is 20.6 Å². The summed E-state index contributed by atoms with van der Waals surface area (Å²) in [5.41, 5.74) is 0. The summed E-state index contributed by atoms with van der Waals surface area (Å²) in [4.78, 5) is 0. The third-order valence-electron chi connectivity index (χ3n) is 0.904. The molecule has 0 rings (SSSR count). The largest absolute Gasteiger partial charge is 0.233 e. The first-order valence-electron chi connectivity index (χ1n) is 2.75. The highest BCUT2D eigenvalue weighted by Crippen LogP contribution is 2.01. The highest BCUT2D eigenvalue weighted by atomic mass is 79.9. The molecular weight excluding hydrogens is 166 g/mol. The third-order valence-corrected chi connectivity index (χ3v) is 2.53. The molecule has 48 valence electrons. The Morgan fingerprint density at radius 2 is 1.75 bits per heavy atom. The summed E-state index contributed by atoms with van der Waals surface area (Å²) >= 11 is 3.45. The normalized spacial score (nSPS) is 9.75. The van der Waals surface area contributed by atoms with Gasteiger partial charge in [0, 0.05) is 21.8 Å². The van der Waals surface area contributed by atoms with E-state index >= 15 is 0 Å². The molecule has 0 radical (unpaired) electrons. The lowest BCUT2D eigenvalue weighted by Gasteiger charge is -1.96. The molecule has 0 amide bonds. The lowest BCUT2D eigenvalue weighted by Crippen LogP contribution is -2.11. The Morgan fingerprint density at radius 3 is 1.75 bits per heavy atom. The summed E-state index contributed by atoms with van der Waals surface area (Å²) in [6.07, 6.45) is 0. The van der Waals surface area contributed by atoms with Crippen molar-refractivity contribution in [2.45, 2.75) is 13.8 Å². The molecule has 0 saturated heterocycles. The Kier molecular flexibility index (Phi) is 3.29. The smallest absolute Gasteiger partial charge is 0.220 e. The summed E-state index contributed by atoms with van der Waals surface area (Å²) in [5.74, 6) is 0.602. The Balaban J connectivity index is 4.00. The van der Waals surface area contributed by atoms with Crippen LogP contribution in [0, 0.1) is 5.92 Å². The second-order valence-corrected chi connectivity index (χ2v) is 3.18. The fraction of sp³-hybridized carbons (Fsp3) is 0.833.